The number of ketones is 1. The first-order chi connectivity index (χ1) is 14.8. The molecule has 0 spiro atoms. The monoisotopic (exact) mass is 556 g/mol. The van der Waals surface area contributed by atoms with Crippen LogP contribution in [0.5, 0.6) is 0 Å². The summed E-state index contributed by atoms with van der Waals surface area (Å²) in [5.41, 5.74) is 1.16. The van der Waals surface area contributed by atoms with E-state index in [1.165, 1.54) is 16.4 Å². The highest BCUT2D eigenvalue weighted by atomic mass is 127. The molecule has 2 aromatic rings. The molecule has 2 aromatic carbocycles. The number of rotatable bonds is 8. The lowest BCUT2D eigenvalue weighted by molar-refractivity contribution is -0.149. The predicted octanol–water partition coefficient (Wildman–Crippen LogP) is 3.55. The third-order valence-electron chi connectivity index (χ3n) is 5.15. The van der Waals surface area contributed by atoms with Crippen molar-refractivity contribution in [3.63, 3.8) is 0 Å². The fourth-order valence-electron chi connectivity index (χ4n) is 3.45. The molecule has 1 saturated heterocycles. The van der Waals surface area contributed by atoms with E-state index in [4.69, 9.17) is 4.74 Å². The average molecular weight is 556 g/mol. The van der Waals surface area contributed by atoms with Crippen molar-refractivity contribution in [2.24, 2.45) is 5.92 Å². The number of carbonyl (C=O) groups excluding carboxylic acids is 2. The Kier molecular flexibility index (Phi) is 8.06. The maximum atomic E-state index is 13.1. The minimum Gasteiger partial charge on any atom is -0.466 e. The van der Waals surface area contributed by atoms with Crippen LogP contribution in [0.15, 0.2) is 53.4 Å². The standard InChI is InChI=1S/C22H25IN2O5S/c1-2-30-22(27)16-9-11-25(12-10-16)31(28,29)20-8-3-5-17(13-20)21(26)15-24-19-7-4-6-18(23)14-19/h3-8,13-14,16,24H,2,9-12,15H2,1H3. The lowest BCUT2D eigenvalue weighted by Crippen LogP contribution is -2.40. The highest BCUT2D eigenvalue weighted by Gasteiger charge is 2.32. The van der Waals surface area contributed by atoms with Crippen LogP contribution < -0.4 is 5.32 Å². The van der Waals surface area contributed by atoms with Gasteiger partial charge < -0.3 is 10.1 Å². The van der Waals surface area contributed by atoms with E-state index in [2.05, 4.69) is 27.9 Å². The number of nitrogens with one attached hydrogen (secondary N) is 1. The van der Waals surface area contributed by atoms with Gasteiger partial charge in [-0.1, -0.05) is 18.2 Å². The molecule has 31 heavy (non-hydrogen) atoms. The van der Waals surface area contributed by atoms with Crippen LogP contribution in [0.25, 0.3) is 0 Å². The van der Waals surface area contributed by atoms with Crippen molar-refractivity contribution in [1.82, 2.24) is 4.31 Å². The maximum Gasteiger partial charge on any atom is 0.309 e. The van der Waals surface area contributed by atoms with E-state index < -0.39 is 10.0 Å². The van der Waals surface area contributed by atoms with E-state index in [9.17, 15) is 18.0 Å². The topological polar surface area (TPSA) is 92.8 Å². The van der Waals surface area contributed by atoms with E-state index in [0.29, 0.717) is 25.0 Å². The second kappa shape index (κ2) is 10.6. The molecule has 166 valence electrons. The quantitative estimate of drug-likeness (QED) is 0.304. The molecule has 1 heterocycles. The Morgan fingerprint density at radius 1 is 1.13 bits per heavy atom. The Balaban J connectivity index is 1.66. The van der Waals surface area contributed by atoms with Crippen molar-refractivity contribution in [3.05, 3.63) is 57.7 Å². The zero-order valence-electron chi connectivity index (χ0n) is 17.2. The van der Waals surface area contributed by atoms with Crippen LogP contribution in [0.1, 0.15) is 30.1 Å². The number of hydrogen-bond acceptors (Lipinski definition) is 6. The molecule has 0 aromatic heterocycles. The fraction of sp³-hybridized carbons (Fsp3) is 0.364. The minimum absolute atomic E-state index is 0.0640. The van der Waals surface area contributed by atoms with Gasteiger partial charge in [0.2, 0.25) is 10.0 Å². The number of carbonyl (C=O) groups is 2. The predicted molar refractivity (Wildman–Crippen MR) is 127 cm³/mol. The van der Waals surface area contributed by atoms with Gasteiger partial charge in [0, 0.05) is 27.9 Å². The number of benzene rings is 2. The Bertz CT molecular complexity index is 1050. The van der Waals surface area contributed by atoms with Gasteiger partial charge in [0.05, 0.1) is 24.0 Å². The molecule has 0 radical (unpaired) electrons. The Hall–Kier alpha value is -1.98. The SMILES string of the molecule is CCOC(=O)C1CCN(S(=O)(=O)c2cccc(C(=O)CNc3cccc(I)c3)c2)CC1. The van der Waals surface area contributed by atoms with Gasteiger partial charge in [-0.2, -0.15) is 4.31 Å². The van der Waals surface area contributed by atoms with Crippen molar-refractivity contribution in [2.75, 3.05) is 31.6 Å². The summed E-state index contributed by atoms with van der Waals surface area (Å²) in [4.78, 5) is 24.6. The van der Waals surface area contributed by atoms with Gasteiger partial charge in [0.25, 0.3) is 0 Å². The highest BCUT2D eigenvalue weighted by molar-refractivity contribution is 14.1. The van der Waals surface area contributed by atoms with Crippen molar-refractivity contribution >= 4 is 50.1 Å². The summed E-state index contributed by atoms with van der Waals surface area (Å²) in [6.45, 7) is 2.63. The zero-order valence-corrected chi connectivity index (χ0v) is 20.2. The van der Waals surface area contributed by atoms with Crippen molar-refractivity contribution in [1.29, 1.82) is 0 Å². The molecule has 0 amide bonds. The largest absolute Gasteiger partial charge is 0.466 e. The number of hydrogen-bond donors (Lipinski definition) is 1. The summed E-state index contributed by atoms with van der Waals surface area (Å²) in [7, 11) is -3.74. The number of halogens is 1. The molecule has 9 heteroatoms. The molecule has 0 saturated carbocycles. The highest BCUT2D eigenvalue weighted by Crippen LogP contribution is 2.25. The number of piperidine rings is 1. The summed E-state index contributed by atoms with van der Waals surface area (Å²) in [5, 5.41) is 3.07. The number of Topliss-reactive ketones (excluding diaryl/α,β-unsaturated/α-hetero) is 1. The number of ether oxygens (including phenoxy) is 1. The van der Waals surface area contributed by atoms with Gasteiger partial charge in [-0.25, -0.2) is 8.42 Å². The van der Waals surface area contributed by atoms with Gasteiger partial charge >= 0.3 is 5.97 Å². The molecule has 1 N–H and O–H groups in total. The summed E-state index contributed by atoms with van der Waals surface area (Å²) in [6.07, 6.45) is 0.854. The molecule has 0 unspecified atom stereocenters. The Labute approximate surface area is 196 Å². The fourth-order valence-corrected chi connectivity index (χ4v) is 5.51. The summed E-state index contributed by atoms with van der Waals surface area (Å²) < 4.78 is 33.6. The van der Waals surface area contributed by atoms with E-state index >= 15 is 0 Å². The van der Waals surface area contributed by atoms with Crippen molar-refractivity contribution in [3.8, 4) is 0 Å². The van der Waals surface area contributed by atoms with Crippen LogP contribution >= 0.6 is 22.6 Å². The van der Waals surface area contributed by atoms with Crippen LogP contribution in [-0.4, -0.2) is 50.7 Å². The Morgan fingerprint density at radius 3 is 2.52 bits per heavy atom. The lowest BCUT2D eigenvalue weighted by atomic mass is 9.98. The second-order valence-corrected chi connectivity index (χ2v) is 10.4. The van der Waals surface area contributed by atoms with Crippen LogP contribution in [0, 0.1) is 9.49 Å². The molecular weight excluding hydrogens is 531 g/mol. The van der Waals surface area contributed by atoms with Gasteiger partial charge in [0.1, 0.15) is 0 Å². The molecule has 0 bridgehead atoms. The average Bonchev–Trinajstić information content (AvgIpc) is 2.78. The van der Waals surface area contributed by atoms with E-state index in [1.807, 2.05) is 24.3 Å². The molecule has 7 nitrogen and oxygen atoms in total. The first-order valence-electron chi connectivity index (χ1n) is 10.1. The third-order valence-corrected chi connectivity index (χ3v) is 7.71. The van der Waals surface area contributed by atoms with Gasteiger partial charge in [0.15, 0.2) is 5.78 Å². The van der Waals surface area contributed by atoms with Crippen molar-refractivity contribution in [2.45, 2.75) is 24.7 Å². The summed E-state index contributed by atoms with van der Waals surface area (Å²) >= 11 is 2.19. The lowest BCUT2D eigenvalue weighted by Gasteiger charge is -2.30. The van der Waals surface area contributed by atoms with Crippen LogP contribution in [0.2, 0.25) is 0 Å². The molecule has 1 aliphatic rings. The van der Waals surface area contributed by atoms with E-state index in [1.54, 1.807) is 19.1 Å². The zero-order chi connectivity index (χ0) is 22.4. The smallest absolute Gasteiger partial charge is 0.309 e. The van der Waals surface area contributed by atoms with Crippen LogP contribution in [0.3, 0.4) is 0 Å². The molecular formula is C22H25IN2O5S. The number of sulfonamides is 1. The van der Waals surface area contributed by atoms with Crippen molar-refractivity contribution < 1.29 is 22.7 Å². The number of anilines is 1. The maximum absolute atomic E-state index is 13.1. The molecule has 1 fully saturated rings. The van der Waals surface area contributed by atoms with Gasteiger partial charge in [-0.15, -0.1) is 0 Å². The van der Waals surface area contributed by atoms with Gasteiger partial charge in [-0.3, -0.25) is 9.59 Å². The number of nitrogens with zero attached hydrogens (tertiary/aromatic N) is 1. The van der Waals surface area contributed by atoms with Gasteiger partial charge in [-0.05, 0) is 72.7 Å². The minimum atomic E-state index is -3.74. The summed E-state index contributed by atoms with van der Waals surface area (Å²) in [6, 6.07) is 13.8. The first kappa shape index (κ1) is 23.7. The molecule has 0 aliphatic carbocycles. The molecule has 0 atom stereocenters. The normalized spacial score (nSPS) is 15.4. The molecule has 3 rings (SSSR count). The van der Waals surface area contributed by atoms with E-state index in [-0.39, 0.29) is 42.2 Å². The molecule has 1 aliphatic heterocycles. The van der Waals surface area contributed by atoms with Crippen LogP contribution in [0.4, 0.5) is 5.69 Å². The summed E-state index contributed by atoms with van der Waals surface area (Å²) in [5.74, 6) is -0.740. The van der Waals surface area contributed by atoms with Crippen LogP contribution in [-0.2, 0) is 19.6 Å². The van der Waals surface area contributed by atoms with E-state index in [0.717, 1.165) is 9.26 Å². The number of esters is 1. The second-order valence-electron chi connectivity index (χ2n) is 7.25. The third kappa shape index (κ3) is 6.05. The first-order valence-corrected chi connectivity index (χ1v) is 12.6. The Morgan fingerprint density at radius 2 is 1.84 bits per heavy atom.